The number of fused-ring (bicyclic) bond motifs is 4. The minimum Gasteiger partial charge on any atom is -0.502 e. The molecule has 8 rings (SSSR count). The molecule has 0 radical (unpaired) electrons. The minimum atomic E-state index is -1.44. The van der Waals surface area contributed by atoms with Crippen molar-refractivity contribution in [3.63, 3.8) is 0 Å². The van der Waals surface area contributed by atoms with Crippen molar-refractivity contribution in [3.8, 4) is 28.7 Å². The van der Waals surface area contributed by atoms with Crippen LogP contribution in [0.15, 0.2) is 24.3 Å². The van der Waals surface area contributed by atoms with Crippen LogP contribution in [0.25, 0.3) is 0 Å². The summed E-state index contributed by atoms with van der Waals surface area (Å²) in [6, 6.07) is 6.93. The molecule has 14 atom stereocenters. The van der Waals surface area contributed by atoms with Crippen LogP contribution in [0.5, 0.6) is 28.7 Å². The zero-order valence-corrected chi connectivity index (χ0v) is 29.0. The van der Waals surface area contributed by atoms with E-state index in [1.54, 1.807) is 31.2 Å². The Bertz CT molecular complexity index is 1610. The Hall–Kier alpha value is -3.53. The first-order chi connectivity index (χ1) is 25.4. The Morgan fingerprint density at radius 2 is 1.51 bits per heavy atom. The van der Waals surface area contributed by atoms with E-state index in [0.29, 0.717) is 28.2 Å². The van der Waals surface area contributed by atoms with Crippen molar-refractivity contribution in [2.24, 2.45) is 11.8 Å². The van der Waals surface area contributed by atoms with Crippen LogP contribution in [0, 0.1) is 11.8 Å². The lowest BCUT2D eigenvalue weighted by molar-refractivity contribution is -0.364. The second-order valence-electron chi connectivity index (χ2n) is 13.6. The fourth-order valence-corrected chi connectivity index (χ4v) is 7.82. The number of hydrogen-bond donors (Lipinski definition) is 7. The van der Waals surface area contributed by atoms with E-state index in [4.69, 9.17) is 67.8 Å². The van der Waals surface area contributed by atoms with Crippen molar-refractivity contribution in [2.45, 2.75) is 87.0 Å². The van der Waals surface area contributed by atoms with Crippen molar-refractivity contribution < 1.29 is 87.9 Å². The van der Waals surface area contributed by atoms with Gasteiger partial charge in [-0.3, -0.25) is 4.79 Å². The standard InChI is InChI=1S/C29H32O13.C6H12O5/c1-11-36-9-20-27(40-11)24(31)25(32)29(41-20)42-26-14-7-17-16(38-10-39-17)6-13(14)21(22-15(26)8-37-28(22)33)12-4-18(34-2)23(30)19(5-12)35-3;7-2-4-6(10)3(8)1-5(9)11-4/h4-7,11,15,20-22,24-27,29-32H,8-10H2,1-3H3;3-10H,1-2H2/t11-,15+,20-,21-,22+,24-,25-,26-,27-,29+;3-,4-,5?,6+/m11/s1. The monoisotopic (exact) mass is 752 g/mol. The van der Waals surface area contributed by atoms with E-state index in [-0.39, 0.29) is 43.7 Å². The zero-order valence-electron chi connectivity index (χ0n) is 29.0. The van der Waals surface area contributed by atoms with Crippen LogP contribution in [0.4, 0.5) is 0 Å². The predicted molar refractivity (Wildman–Crippen MR) is 173 cm³/mol. The van der Waals surface area contributed by atoms with E-state index in [1.807, 2.05) is 0 Å². The largest absolute Gasteiger partial charge is 0.502 e. The van der Waals surface area contributed by atoms with Crippen LogP contribution in [0.3, 0.4) is 0 Å². The van der Waals surface area contributed by atoms with Gasteiger partial charge in [-0.1, -0.05) is 0 Å². The lowest BCUT2D eigenvalue weighted by Crippen LogP contribution is -2.63. The number of ether oxygens (including phenoxy) is 10. The van der Waals surface area contributed by atoms with E-state index in [2.05, 4.69) is 0 Å². The summed E-state index contributed by atoms with van der Waals surface area (Å²) in [5.74, 6) is -1.02. The molecule has 0 aromatic heterocycles. The highest BCUT2D eigenvalue weighted by molar-refractivity contribution is 5.79. The van der Waals surface area contributed by atoms with Crippen LogP contribution < -0.4 is 18.9 Å². The number of aromatic hydroxyl groups is 1. The van der Waals surface area contributed by atoms with E-state index in [1.165, 1.54) is 14.2 Å². The summed E-state index contributed by atoms with van der Waals surface area (Å²) in [7, 11) is 2.86. The third kappa shape index (κ3) is 6.98. The van der Waals surface area contributed by atoms with Crippen molar-refractivity contribution in [2.75, 3.05) is 40.8 Å². The molecule has 4 saturated heterocycles. The molecule has 2 aromatic carbocycles. The molecule has 0 amide bonds. The number of carbonyl (C=O) groups excluding carboxylic acids is 1. The molecule has 0 bridgehead atoms. The molecule has 0 saturated carbocycles. The Morgan fingerprint density at radius 1 is 0.830 bits per heavy atom. The molecule has 18 nitrogen and oxygen atoms in total. The van der Waals surface area contributed by atoms with Gasteiger partial charge in [0.2, 0.25) is 12.5 Å². The summed E-state index contributed by atoms with van der Waals surface area (Å²) in [5.41, 5.74) is 2.01. The van der Waals surface area contributed by atoms with Gasteiger partial charge in [-0.2, -0.15) is 0 Å². The normalized spacial score (nSPS) is 38.4. The first-order valence-electron chi connectivity index (χ1n) is 17.2. The lowest BCUT2D eigenvalue weighted by Gasteiger charge is -2.47. The van der Waals surface area contributed by atoms with Gasteiger partial charge < -0.3 is 83.1 Å². The fourth-order valence-electron chi connectivity index (χ4n) is 7.82. The molecule has 7 N–H and O–H groups in total. The minimum absolute atomic E-state index is 0.0162. The van der Waals surface area contributed by atoms with E-state index in [9.17, 15) is 20.1 Å². The van der Waals surface area contributed by atoms with Crippen molar-refractivity contribution in [1.29, 1.82) is 0 Å². The van der Waals surface area contributed by atoms with Crippen LogP contribution in [0.2, 0.25) is 0 Å². The van der Waals surface area contributed by atoms with Crippen molar-refractivity contribution >= 4 is 5.97 Å². The molecule has 4 fully saturated rings. The molecule has 5 heterocycles. The van der Waals surface area contributed by atoms with E-state index < -0.39 is 98.0 Å². The number of methoxy groups -OCH3 is 2. The number of aliphatic hydroxyl groups excluding tert-OH is 6. The van der Waals surface area contributed by atoms with Crippen LogP contribution in [-0.4, -0.2) is 144 Å². The van der Waals surface area contributed by atoms with E-state index in [0.717, 1.165) is 0 Å². The first-order valence-corrected chi connectivity index (χ1v) is 17.2. The highest BCUT2D eigenvalue weighted by Crippen LogP contribution is 2.57. The Balaban J connectivity index is 0.000000341. The van der Waals surface area contributed by atoms with Gasteiger partial charge in [-0.15, -0.1) is 0 Å². The number of esters is 1. The molecule has 6 aliphatic rings. The number of aliphatic hydroxyl groups is 6. The zero-order chi connectivity index (χ0) is 37.7. The highest BCUT2D eigenvalue weighted by atomic mass is 16.8. The maximum Gasteiger partial charge on any atom is 0.310 e. The Morgan fingerprint density at radius 3 is 2.17 bits per heavy atom. The predicted octanol–water partition coefficient (Wildman–Crippen LogP) is -0.854. The first kappa shape index (κ1) is 37.8. The van der Waals surface area contributed by atoms with Gasteiger partial charge >= 0.3 is 5.97 Å². The van der Waals surface area contributed by atoms with Crippen LogP contribution >= 0.6 is 0 Å². The maximum absolute atomic E-state index is 13.4. The van der Waals surface area contributed by atoms with Gasteiger partial charge in [0, 0.05) is 18.3 Å². The van der Waals surface area contributed by atoms with Gasteiger partial charge in [0.15, 0.2) is 41.9 Å². The fraction of sp³-hybridized carbons (Fsp3) is 0.629. The van der Waals surface area contributed by atoms with Gasteiger partial charge in [0.1, 0.15) is 36.6 Å². The van der Waals surface area contributed by atoms with Gasteiger partial charge in [-0.05, 0) is 47.9 Å². The summed E-state index contributed by atoms with van der Waals surface area (Å²) < 4.78 is 56.2. The number of benzene rings is 2. The van der Waals surface area contributed by atoms with E-state index >= 15 is 0 Å². The number of rotatable bonds is 6. The molecule has 53 heavy (non-hydrogen) atoms. The second kappa shape index (κ2) is 15.3. The number of cyclic esters (lactones) is 1. The smallest absolute Gasteiger partial charge is 0.310 e. The third-order valence-electron chi connectivity index (χ3n) is 10.5. The number of carbonyl (C=O) groups is 1. The average Bonchev–Trinajstić information content (AvgIpc) is 3.77. The number of phenolic OH excluding ortho intramolecular Hbond substituents is 1. The maximum atomic E-state index is 13.4. The molecule has 5 aliphatic heterocycles. The van der Waals surface area contributed by atoms with Gasteiger partial charge in [-0.25, -0.2) is 0 Å². The van der Waals surface area contributed by atoms with Crippen molar-refractivity contribution in [3.05, 3.63) is 41.0 Å². The number of hydrogen-bond acceptors (Lipinski definition) is 18. The SMILES string of the molecule is COc1cc([C@@H]2c3cc4c(cc3[C@@H](O[C@@H]3O[C@@H]5CO[C@@H](C)O[C@H]5[C@H](O)[C@H]3O)[C@H]3COC(=O)[C@H]23)OCO4)cc(OC)c1O.OC[C@H]1OC(O)C[C@@H](O)[C@@H]1O. The molecule has 1 unspecified atom stereocenters. The second-order valence-corrected chi connectivity index (χ2v) is 13.6. The summed E-state index contributed by atoms with van der Waals surface area (Å²) in [5, 5.41) is 68.2. The Labute approximate surface area is 303 Å². The quantitative estimate of drug-likeness (QED) is 0.177. The van der Waals surface area contributed by atoms with Gasteiger partial charge in [0.05, 0.1) is 52.2 Å². The molecule has 2 aromatic rings. The van der Waals surface area contributed by atoms with Crippen LogP contribution in [-0.2, 0) is 33.2 Å². The molecule has 1 aliphatic carbocycles. The highest BCUT2D eigenvalue weighted by Gasteiger charge is 2.56. The topological polar surface area (TPSA) is 251 Å². The summed E-state index contributed by atoms with van der Waals surface area (Å²) in [4.78, 5) is 13.4. The van der Waals surface area contributed by atoms with Gasteiger partial charge in [0.25, 0.3) is 0 Å². The summed E-state index contributed by atoms with van der Waals surface area (Å²) in [6.45, 7) is 1.52. The molecule has 0 spiro atoms. The third-order valence-corrected chi connectivity index (χ3v) is 10.5. The average molecular weight is 753 g/mol. The van der Waals surface area contributed by atoms with Crippen molar-refractivity contribution in [1.82, 2.24) is 0 Å². The lowest BCUT2D eigenvalue weighted by atomic mass is 9.66. The molecule has 292 valence electrons. The Kier molecular flexibility index (Phi) is 10.9. The summed E-state index contributed by atoms with van der Waals surface area (Å²) in [6.07, 6.45) is -10.9. The molecular formula is C35H44O18. The summed E-state index contributed by atoms with van der Waals surface area (Å²) >= 11 is 0. The van der Waals surface area contributed by atoms with Crippen LogP contribution in [0.1, 0.15) is 42.1 Å². The molecular weight excluding hydrogens is 708 g/mol. The molecule has 18 heteroatoms. The number of phenols is 1.